The summed E-state index contributed by atoms with van der Waals surface area (Å²) in [6, 6.07) is 11.7. The van der Waals surface area contributed by atoms with E-state index in [1.165, 1.54) is 4.90 Å². The van der Waals surface area contributed by atoms with Crippen LogP contribution in [0.15, 0.2) is 51.4 Å². The van der Waals surface area contributed by atoms with Gasteiger partial charge in [0, 0.05) is 22.0 Å². The Kier molecular flexibility index (Phi) is 10.1. The van der Waals surface area contributed by atoms with Crippen LogP contribution in [0.5, 0.6) is 0 Å². The van der Waals surface area contributed by atoms with E-state index in [0.717, 1.165) is 30.6 Å². The third-order valence-corrected chi connectivity index (χ3v) is 7.73. The Morgan fingerprint density at radius 1 is 1.06 bits per heavy atom. The van der Waals surface area contributed by atoms with Gasteiger partial charge in [0.2, 0.25) is 21.8 Å². The Bertz CT molecular complexity index is 1140. The predicted octanol–water partition coefficient (Wildman–Crippen LogP) is 4.48. The van der Waals surface area contributed by atoms with Crippen molar-refractivity contribution in [3.05, 3.63) is 62.5 Å². The average Bonchev–Trinajstić information content (AvgIpc) is 2.74. The molecule has 0 saturated carbocycles. The fraction of sp³-hybridized carbons (Fsp3) is 0.417. The van der Waals surface area contributed by atoms with Crippen molar-refractivity contribution in [3.63, 3.8) is 0 Å². The van der Waals surface area contributed by atoms with Gasteiger partial charge in [0.1, 0.15) is 12.6 Å². The van der Waals surface area contributed by atoms with Gasteiger partial charge in [-0.25, -0.2) is 8.42 Å². The van der Waals surface area contributed by atoms with Crippen LogP contribution in [-0.2, 0) is 26.2 Å². The second-order valence-corrected chi connectivity index (χ2v) is 12.3. The first kappa shape index (κ1) is 28.3. The standard InChI is InChI=1S/C24H31Br2N3O4S/c1-16(2)13-27-24(31)18(4)28(14-19-7-6-8-20(25)12-19)23(30)15-29(34(5,32)33)21-9-10-22(26)17(3)11-21/h6-12,16,18H,13-15H2,1-5H3,(H,27,31)/t18-/m0/s1. The normalized spacial score (nSPS) is 12.4. The molecule has 2 rings (SSSR count). The van der Waals surface area contributed by atoms with Crippen LogP contribution in [0.1, 0.15) is 31.9 Å². The van der Waals surface area contributed by atoms with Crippen molar-refractivity contribution in [3.8, 4) is 0 Å². The highest BCUT2D eigenvalue weighted by atomic mass is 79.9. The number of rotatable bonds is 10. The zero-order valence-electron chi connectivity index (χ0n) is 20.0. The lowest BCUT2D eigenvalue weighted by molar-refractivity contribution is -0.139. The molecule has 0 aliphatic rings. The van der Waals surface area contributed by atoms with Crippen molar-refractivity contribution >= 4 is 59.4 Å². The van der Waals surface area contributed by atoms with Crippen LogP contribution in [0.4, 0.5) is 5.69 Å². The molecule has 1 atom stereocenters. The van der Waals surface area contributed by atoms with Crippen molar-refractivity contribution in [2.24, 2.45) is 5.92 Å². The lowest BCUT2D eigenvalue weighted by Crippen LogP contribution is -2.51. The molecule has 0 aromatic heterocycles. The van der Waals surface area contributed by atoms with E-state index in [0.29, 0.717) is 12.2 Å². The number of halogens is 2. The summed E-state index contributed by atoms with van der Waals surface area (Å²) >= 11 is 6.85. The van der Waals surface area contributed by atoms with E-state index in [4.69, 9.17) is 0 Å². The molecule has 2 aromatic carbocycles. The summed E-state index contributed by atoms with van der Waals surface area (Å²) in [4.78, 5) is 27.8. The van der Waals surface area contributed by atoms with E-state index in [1.54, 1.807) is 25.1 Å². The number of hydrogen-bond donors (Lipinski definition) is 1. The summed E-state index contributed by atoms with van der Waals surface area (Å²) in [6.45, 7) is 7.69. The van der Waals surface area contributed by atoms with E-state index >= 15 is 0 Å². The molecule has 1 N–H and O–H groups in total. The molecule has 0 heterocycles. The molecular formula is C24H31Br2N3O4S. The maximum Gasteiger partial charge on any atom is 0.244 e. The van der Waals surface area contributed by atoms with Gasteiger partial charge in [-0.15, -0.1) is 0 Å². The summed E-state index contributed by atoms with van der Waals surface area (Å²) in [6.07, 6.45) is 1.06. The second-order valence-electron chi connectivity index (χ2n) is 8.67. The van der Waals surface area contributed by atoms with Crippen molar-refractivity contribution < 1.29 is 18.0 Å². The van der Waals surface area contributed by atoms with E-state index in [2.05, 4.69) is 37.2 Å². The van der Waals surface area contributed by atoms with Crippen LogP contribution in [0.2, 0.25) is 0 Å². The molecule has 2 aromatic rings. The number of carbonyl (C=O) groups excluding carboxylic acids is 2. The summed E-state index contributed by atoms with van der Waals surface area (Å²) in [5, 5.41) is 2.86. The van der Waals surface area contributed by atoms with Crippen LogP contribution >= 0.6 is 31.9 Å². The minimum atomic E-state index is -3.76. The maximum atomic E-state index is 13.5. The molecular weight excluding hydrogens is 586 g/mol. The van der Waals surface area contributed by atoms with Crippen LogP contribution in [0.25, 0.3) is 0 Å². The first-order valence-corrected chi connectivity index (χ1v) is 14.3. The minimum absolute atomic E-state index is 0.158. The third kappa shape index (κ3) is 8.09. The Labute approximate surface area is 219 Å². The molecule has 2 amide bonds. The van der Waals surface area contributed by atoms with Gasteiger partial charge < -0.3 is 10.2 Å². The summed E-state index contributed by atoms with van der Waals surface area (Å²) < 4.78 is 28.0. The van der Waals surface area contributed by atoms with Crippen LogP contribution in [0.3, 0.4) is 0 Å². The molecule has 0 saturated heterocycles. The van der Waals surface area contributed by atoms with Gasteiger partial charge >= 0.3 is 0 Å². The van der Waals surface area contributed by atoms with Crippen molar-refractivity contribution in [1.82, 2.24) is 10.2 Å². The van der Waals surface area contributed by atoms with E-state index in [1.807, 2.05) is 45.0 Å². The highest BCUT2D eigenvalue weighted by molar-refractivity contribution is 9.10. The van der Waals surface area contributed by atoms with Crippen LogP contribution < -0.4 is 9.62 Å². The molecule has 0 bridgehead atoms. The number of anilines is 1. The Morgan fingerprint density at radius 2 is 1.74 bits per heavy atom. The minimum Gasteiger partial charge on any atom is -0.354 e. The van der Waals surface area contributed by atoms with Gasteiger partial charge in [0.15, 0.2) is 0 Å². The fourth-order valence-electron chi connectivity index (χ4n) is 3.26. The van der Waals surface area contributed by atoms with Crippen molar-refractivity contribution in [2.45, 2.75) is 40.3 Å². The molecule has 0 unspecified atom stereocenters. The van der Waals surface area contributed by atoms with E-state index in [9.17, 15) is 18.0 Å². The zero-order valence-corrected chi connectivity index (χ0v) is 24.0. The molecule has 0 aliphatic heterocycles. The number of benzene rings is 2. The first-order chi connectivity index (χ1) is 15.8. The van der Waals surface area contributed by atoms with Gasteiger partial charge in [-0.2, -0.15) is 0 Å². The van der Waals surface area contributed by atoms with Gasteiger partial charge in [-0.1, -0.05) is 57.8 Å². The Morgan fingerprint density at radius 3 is 2.29 bits per heavy atom. The molecule has 0 spiro atoms. The van der Waals surface area contributed by atoms with Crippen LogP contribution in [-0.4, -0.2) is 50.5 Å². The second kappa shape index (κ2) is 12.2. The predicted molar refractivity (Wildman–Crippen MR) is 143 cm³/mol. The quantitative estimate of drug-likeness (QED) is 0.427. The number of aryl methyl sites for hydroxylation is 1. The molecule has 186 valence electrons. The summed E-state index contributed by atoms with van der Waals surface area (Å²) in [5.41, 5.74) is 2.04. The number of sulfonamides is 1. The molecule has 10 heteroatoms. The third-order valence-electron chi connectivity index (χ3n) is 5.20. The molecule has 0 aliphatic carbocycles. The van der Waals surface area contributed by atoms with Crippen LogP contribution in [0, 0.1) is 12.8 Å². The lowest BCUT2D eigenvalue weighted by Gasteiger charge is -2.31. The monoisotopic (exact) mass is 615 g/mol. The maximum absolute atomic E-state index is 13.5. The fourth-order valence-corrected chi connectivity index (χ4v) is 4.80. The summed E-state index contributed by atoms with van der Waals surface area (Å²) in [5.74, 6) is -0.507. The smallest absolute Gasteiger partial charge is 0.244 e. The number of amides is 2. The van der Waals surface area contributed by atoms with Gasteiger partial charge in [0.25, 0.3) is 0 Å². The Balaban J connectivity index is 2.39. The van der Waals surface area contributed by atoms with Gasteiger partial charge in [-0.3, -0.25) is 13.9 Å². The largest absolute Gasteiger partial charge is 0.354 e. The van der Waals surface area contributed by atoms with E-state index < -0.39 is 28.5 Å². The van der Waals surface area contributed by atoms with Gasteiger partial charge in [0.05, 0.1) is 11.9 Å². The van der Waals surface area contributed by atoms with Crippen molar-refractivity contribution in [2.75, 3.05) is 23.7 Å². The number of nitrogens with one attached hydrogen (secondary N) is 1. The number of hydrogen-bond acceptors (Lipinski definition) is 4. The number of nitrogens with zero attached hydrogens (tertiary/aromatic N) is 2. The lowest BCUT2D eigenvalue weighted by atomic mass is 10.1. The topological polar surface area (TPSA) is 86.8 Å². The molecule has 34 heavy (non-hydrogen) atoms. The van der Waals surface area contributed by atoms with Crippen molar-refractivity contribution in [1.29, 1.82) is 0 Å². The van der Waals surface area contributed by atoms with Gasteiger partial charge in [-0.05, 0) is 61.2 Å². The molecule has 0 radical (unpaired) electrons. The SMILES string of the molecule is Cc1cc(N(CC(=O)N(Cc2cccc(Br)c2)[C@@H](C)C(=O)NCC(C)C)S(C)(=O)=O)ccc1Br. The Hall–Kier alpha value is -1.91. The zero-order chi connectivity index (χ0) is 25.6. The molecule has 0 fully saturated rings. The number of carbonyl (C=O) groups is 2. The highest BCUT2D eigenvalue weighted by Gasteiger charge is 2.30. The summed E-state index contributed by atoms with van der Waals surface area (Å²) in [7, 11) is -3.76. The average molecular weight is 617 g/mol. The first-order valence-electron chi connectivity index (χ1n) is 10.8. The molecule has 7 nitrogen and oxygen atoms in total. The van der Waals surface area contributed by atoms with E-state index in [-0.39, 0.29) is 18.4 Å². The highest BCUT2D eigenvalue weighted by Crippen LogP contribution is 2.25.